The van der Waals surface area contributed by atoms with Gasteiger partial charge in [-0.3, -0.25) is 4.68 Å². The molecule has 6 nitrogen and oxygen atoms in total. The Morgan fingerprint density at radius 1 is 1.56 bits per heavy atom. The van der Waals surface area contributed by atoms with Crippen LogP contribution in [0.15, 0.2) is 21.7 Å². The summed E-state index contributed by atoms with van der Waals surface area (Å²) in [4.78, 5) is 0.0558. The van der Waals surface area contributed by atoms with E-state index < -0.39 is 10.0 Å². The SMILES string of the molecule is Cc1c(S(=O)(=O)NCc2ccsc2)c(N)nn1C. The zero-order valence-electron chi connectivity index (χ0n) is 10.0. The number of aryl methyl sites for hydroxylation is 1. The number of hydrogen-bond donors (Lipinski definition) is 2. The van der Waals surface area contributed by atoms with E-state index in [2.05, 4.69) is 9.82 Å². The lowest BCUT2D eigenvalue weighted by molar-refractivity contribution is 0.580. The van der Waals surface area contributed by atoms with Gasteiger partial charge in [0.2, 0.25) is 10.0 Å². The van der Waals surface area contributed by atoms with E-state index in [1.807, 2.05) is 16.8 Å². The van der Waals surface area contributed by atoms with Crippen molar-refractivity contribution in [3.63, 3.8) is 0 Å². The quantitative estimate of drug-likeness (QED) is 0.872. The number of nitrogens with one attached hydrogen (secondary N) is 1. The van der Waals surface area contributed by atoms with Crippen LogP contribution >= 0.6 is 11.3 Å². The van der Waals surface area contributed by atoms with Crippen LogP contribution in [0.3, 0.4) is 0 Å². The van der Waals surface area contributed by atoms with Crippen molar-refractivity contribution in [1.29, 1.82) is 0 Å². The lowest BCUT2D eigenvalue weighted by atomic mass is 10.4. The molecule has 0 aliphatic rings. The molecule has 0 bridgehead atoms. The maximum atomic E-state index is 12.1. The molecular weight excluding hydrogens is 272 g/mol. The molecule has 0 atom stereocenters. The molecule has 0 spiro atoms. The molecule has 2 rings (SSSR count). The van der Waals surface area contributed by atoms with Gasteiger partial charge in [-0.25, -0.2) is 13.1 Å². The maximum absolute atomic E-state index is 12.1. The number of anilines is 1. The zero-order valence-corrected chi connectivity index (χ0v) is 11.7. The number of sulfonamides is 1. The van der Waals surface area contributed by atoms with Crippen molar-refractivity contribution in [2.75, 3.05) is 5.73 Å². The van der Waals surface area contributed by atoms with Gasteiger partial charge in [0.05, 0.1) is 5.69 Å². The minimum Gasteiger partial charge on any atom is -0.381 e. The molecule has 3 N–H and O–H groups in total. The highest BCUT2D eigenvalue weighted by Crippen LogP contribution is 2.21. The van der Waals surface area contributed by atoms with Crippen LogP contribution < -0.4 is 10.5 Å². The molecule has 0 saturated heterocycles. The van der Waals surface area contributed by atoms with Crippen LogP contribution in [0.2, 0.25) is 0 Å². The molecule has 0 radical (unpaired) electrons. The van der Waals surface area contributed by atoms with Gasteiger partial charge in [-0.05, 0) is 29.3 Å². The van der Waals surface area contributed by atoms with Crippen molar-refractivity contribution in [3.8, 4) is 0 Å². The number of thiophene rings is 1. The Balaban J connectivity index is 2.26. The summed E-state index contributed by atoms with van der Waals surface area (Å²) in [6.45, 7) is 1.92. The fraction of sp³-hybridized carbons (Fsp3) is 0.300. The molecule has 0 aliphatic heterocycles. The van der Waals surface area contributed by atoms with Crippen LogP contribution in [0.5, 0.6) is 0 Å². The smallest absolute Gasteiger partial charge is 0.246 e. The second-order valence-corrected chi connectivity index (χ2v) is 6.36. The molecule has 2 aromatic heterocycles. The van der Waals surface area contributed by atoms with Crippen molar-refractivity contribution >= 4 is 27.2 Å². The average Bonchev–Trinajstić information content (AvgIpc) is 2.86. The van der Waals surface area contributed by atoms with Gasteiger partial charge >= 0.3 is 0 Å². The molecule has 98 valence electrons. The van der Waals surface area contributed by atoms with Gasteiger partial charge in [-0.15, -0.1) is 0 Å². The Bertz CT molecular complexity index is 644. The van der Waals surface area contributed by atoms with Crippen LogP contribution in [0.25, 0.3) is 0 Å². The van der Waals surface area contributed by atoms with Crippen molar-refractivity contribution in [3.05, 3.63) is 28.1 Å². The number of rotatable bonds is 4. The molecule has 2 aromatic rings. The van der Waals surface area contributed by atoms with Crippen LogP contribution in [0.4, 0.5) is 5.82 Å². The Morgan fingerprint density at radius 3 is 2.78 bits per heavy atom. The normalized spacial score (nSPS) is 11.9. The summed E-state index contributed by atoms with van der Waals surface area (Å²) in [6.07, 6.45) is 0. The third-order valence-electron chi connectivity index (χ3n) is 2.62. The van der Waals surface area contributed by atoms with Crippen molar-refractivity contribution in [2.24, 2.45) is 7.05 Å². The first-order valence-electron chi connectivity index (χ1n) is 5.21. The number of nitrogens with zero attached hydrogens (tertiary/aromatic N) is 2. The van der Waals surface area contributed by atoms with E-state index in [-0.39, 0.29) is 17.3 Å². The minimum atomic E-state index is -3.63. The molecular formula is C10H14N4O2S2. The Labute approximate surface area is 109 Å². The number of aromatic nitrogens is 2. The Morgan fingerprint density at radius 2 is 2.28 bits per heavy atom. The van der Waals surface area contributed by atoms with Gasteiger partial charge in [-0.1, -0.05) is 0 Å². The first kappa shape index (κ1) is 13.1. The molecule has 2 heterocycles. The van der Waals surface area contributed by atoms with E-state index >= 15 is 0 Å². The zero-order chi connectivity index (χ0) is 13.3. The van der Waals surface area contributed by atoms with Crippen LogP contribution in [-0.2, 0) is 23.6 Å². The summed E-state index contributed by atoms with van der Waals surface area (Å²) in [5.74, 6) is 0.0211. The van der Waals surface area contributed by atoms with E-state index in [0.717, 1.165) is 5.56 Å². The summed E-state index contributed by atoms with van der Waals surface area (Å²) in [7, 11) is -1.97. The summed E-state index contributed by atoms with van der Waals surface area (Å²) in [5, 5.41) is 7.69. The van der Waals surface area contributed by atoms with Gasteiger partial charge in [-0.2, -0.15) is 16.4 Å². The Kier molecular flexibility index (Phi) is 3.42. The third-order valence-corrected chi connectivity index (χ3v) is 4.92. The van der Waals surface area contributed by atoms with Gasteiger partial charge in [0.1, 0.15) is 4.90 Å². The summed E-state index contributed by atoms with van der Waals surface area (Å²) in [5.41, 5.74) is 7.07. The number of nitrogen functional groups attached to an aromatic ring is 1. The van der Waals surface area contributed by atoms with Crippen molar-refractivity contribution in [2.45, 2.75) is 18.4 Å². The fourth-order valence-electron chi connectivity index (χ4n) is 1.59. The van der Waals surface area contributed by atoms with E-state index in [1.165, 1.54) is 16.0 Å². The third kappa shape index (κ3) is 2.40. The second kappa shape index (κ2) is 4.71. The molecule has 0 aromatic carbocycles. The van der Waals surface area contributed by atoms with Crippen LogP contribution in [0, 0.1) is 6.92 Å². The topological polar surface area (TPSA) is 90.0 Å². The number of nitrogens with two attached hydrogens (primary N) is 1. The highest BCUT2D eigenvalue weighted by atomic mass is 32.2. The summed E-state index contributed by atoms with van der Waals surface area (Å²) >= 11 is 1.52. The molecule has 0 fully saturated rings. The standard InChI is InChI=1S/C10H14N4O2S2/c1-7-9(10(11)13-14(7)2)18(15,16)12-5-8-3-4-17-6-8/h3-4,6,12H,5H2,1-2H3,(H2,11,13). The second-order valence-electron chi connectivity index (χ2n) is 3.88. The first-order valence-corrected chi connectivity index (χ1v) is 7.64. The molecule has 0 aliphatic carbocycles. The fourth-order valence-corrected chi connectivity index (χ4v) is 3.60. The van der Waals surface area contributed by atoms with Gasteiger partial charge in [0.15, 0.2) is 5.82 Å². The predicted octanol–water partition coefficient (Wildman–Crippen LogP) is 0.851. The van der Waals surface area contributed by atoms with Gasteiger partial charge in [0, 0.05) is 13.6 Å². The molecule has 0 unspecified atom stereocenters. The van der Waals surface area contributed by atoms with Crippen molar-refractivity contribution in [1.82, 2.24) is 14.5 Å². The van der Waals surface area contributed by atoms with Gasteiger partial charge < -0.3 is 5.73 Å². The average molecular weight is 286 g/mol. The van der Waals surface area contributed by atoms with E-state index in [0.29, 0.717) is 5.69 Å². The summed E-state index contributed by atoms with van der Waals surface area (Å²) < 4.78 is 28.3. The highest BCUT2D eigenvalue weighted by Gasteiger charge is 2.24. The first-order chi connectivity index (χ1) is 8.42. The highest BCUT2D eigenvalue weighted by molar-refractivity contribution is 7.89. The summed E-state index contributed by atoms with van der Waals surface area (Å²) in [6, 6.07) is 1.87. The molecule has 0 amide bonds. The van der Waals surface area contributed by atoms with E-state index in [4.69, 9.17) is 5.73 Å². The van der Waals surface area contributed by atoms with E-state index in [1.54, 1.807) is 14.0 Å². The molecule has 18 heavy (non-hydrogen) atoms. The monoisotopic (exact) mass is 286 g/mol. The lowest BCUT2D eigenvalue weighted by Gasteiger charge is -2.05. The molecule has 8 heteroatoms. The van der Waals surface area contributed by atoms with Crippen molar-refractivity contribution < 1.29 is 8.42 Å². The predicted molar refractivity (Wildman–Crippen MR) is 70.7 cm³/mol. The molecule has 0 saturated carbocycles. The largest absolute Gasteiger partial charge is 0.381 e. The minimum absolute atomic E-state index is 0.0211. The van der Waals surface area contributed by atoms with E-state index in [9.17, 15) is 8.42 Å². The maximum Gasteiger partial charge on any atom is 0.246 e. The Hall–Kier alpha value is -1.38. The van der Waals surface area contributed by atoms with Crippen LogP contribution in [0.1, 0.15) is 11.3 Å². The van der Waals surface area contributed by atoms with Gasteiger partial charge in [0.25, 0.3) is 0 Å². The lowest BCUT2D eigenvalue weighted by Crippen LogP contribution is -2.24. The number of hydrogen-bond acceptors (Lipinski definition) is 5. The van der Waals surface area contributed by atoms with Crippen LogP contribution in [-0.4, -0.2) is 18.2 Å².